The molecule has 6 nitrogen and oxygen atoms in total. The topological polar surface area (TPSA) is 121 Å². The second kappa shape index (κ2) is 6.79. The van der Waals surface area contributed by atoms with Crippen molar-refractivity contribution in [3.8, 4) is 0 Å². The average molecular weight is 248 g/mol. The zero-order valence-corrected chi connectivity index (χ0v) is 13.8. The normalized spacial score (nSPS) is 16.3. The Labute approximate surface area is 164 Å². The smallest absolute Gasteiger partial charge is 0.867 e. The standard InChI is InChI=1S/C6H4O6.2K/c7-1-2(8)4(10)6(12)5(11)3(1)9;;/h7-8,11-12H;;/q;2*+1/p-2. The first-order valence-corrected chi connectivity index (χ1v) is 2.76. The van der Waals surface area contributed by atoms with Gasteiger partial charge in [-0.25, -0.2) is 0 Å². The first kappa shape index (κ1) is 17.7. The molecule has 0 aromatic carbocycles. The van der Waals surface area contributed by atoms with Crippen LogP contribution in [0.1, 0.15) is 0 Å². The fourth-order valence-corrected chi connectivity index (χ4v) is 0.637. The number of hydrogen-bond acceptors (Lipinski definition) is 6. The zero-order chi connectivity index (χ0) is 9.46. The summed E-state index contributed by atoms with van der Waals surface area (Å²) in [6, 6.07) is 0. The van der Waals surface area contributed by atoms with Crippen LogP contribution >= 0.6 is 0 Å². The second-order valence-corrected chi connectivity index (χ2v) is 2.01. The van der Waals surface area contributed by atoms with E-state index < -0.39 is 34.6 Å². The van der Waals surface area contributed by atoms with E-state index in [4.69, 9.17) is 10.2 Å². The summed E-state index contributed by atoms with van der Waals surface area (Å²) in [5.74, 6) is -9.12. The maximum atomic E-state index is 10.5. The van der Waals surface area contributed by atoms with Crippen LogP contribution in [0.3, 0.4) is 0 Å². The molecule has 1 aliphatic rings. The first-order chi connectivity index (χ1) is 5.46. The number of hydrogen-bond donors (Lipinski definition) is 2. The molecule has 1 rings (SSSR count). The average Bonchev–Trinajstić information content (AvgIpc) is 2.08. The fraction of sp³-hybridized carbons (Fsp3) is 0. The van der Waals surface area contributed by atoms with Crippen molar-refractivity contribution >= 4 is 11.6 Å². The van der Waals surface area contributed by atoms with Gasteiger partial charge in [0.1, 0.15) is 0 Å². The number of rotatable bonds is 0. The Morgan fingerprint density at radius 3 is 1.36 bits per heavy atom. The molecule has 0 aromatic heterocycles. The summed E-state index contributed by atoms with van der Waals surface area (Å²) >= 11 is 0. The van der Waals surface area contributed by atoms with Crippen LogP contribution < -0.4 is 113 Å². The monoisotopic (exact) mass is 248 g/mol. The van der Waals surface area contributed by atoms with Gasteiger partial charge in [0.25, 0.3) is 5.78 Å². The van der Waals surface area contributed by atoms with Gasteiger partial charge in [-0.3, -0.25) is 9.59 Å². The number of carbonyl (C=O) groups excluding carboxylic acids is 2. The molecule has 0 aliphatic heterocycles. The third kappa shape index (κ3) is 3.14. The largest absolute Gasteiger partial charge is 1.00 e. The number of Topliss-reactive ketones (excluding diaryl/α,β-unsaturated/α-hetero) is 2. The van der Waals surface area contributed by atoms with E-state index in [0.29, 0.717) is 0 Å². The molecule has 1 aliphatic carbocycles. The second-order valence-electron chi connectivity index (χ2n) is 2.01. The van der Waals surface area contributed by atoms with Crippen LogP contribution in [0.5, 0.6) is 0 Å². The molecule has 0 amide bonds. The third-order valence-electron chi connectivity index (χ3n) is 1.27. The molecule has 0 saturated carbocycles. The Kier molecular flexibility index (Phi) is 8.57. The van der Waals surface area contributed by atoms with Gasteiger partial charge in [0.15, 0.2) is 17.3 Å². The van der Waals surface area contributed by atoms with Crippen LogP contribution in [0, 0.1) is 0 Å². The van der Waals surface area contributed by atoms with Gasteiger partial charge < -0.3 is 20.4 Å². The van der Waals surface area contributed by atoms with Crippen LogP contribution in [0.25, 0.3) is 0 Å². The van der Waals surface area contributed by atoms with Gasteiger partial charge in [-0.1, -0.05) is 0 Å². The van der Waals surface area contributed by atoms with Gasteiger partial charge in [-0.15, -0.1) is 0 Å². The van der Waals surface area contributed by atoms with Gasteiger partial charge in [0.05, 0.1) is 0 Å². The Balaban J connectivity index is 0. The molecule has 0 aromatic rings. The quantitative estimate of drug-likeness (QED) is 0.324. The van der Waals surface area contributed by atoms with Crippen molar-refractivity contribution in [1.82, 2.24) is 0 Å². The first-order valence-electron chi connectivity index (χ1n) is 2.76. The third-order valence-corrected chi connectivity index (χ3v) is 1.27. The molecular formula is C6H2K2O6. The van der Waals surface area contributed by atoms with Crippen molar-refractivity contribution in [2.75, 3.05) is 0 Å². The molecule has 0 unspecified atom stereocenters. The van der Waals surface area contributed by atoms with E-state index in [1.165, 1.54) is 0 Å². The minimum Gasteiger partial charge on any atom is -0.867 e. The van der Waals surface area contributed by atoms with Crippen LogP contribution in [-0.2, 0) is 9.59 Å². The molecule has 0 heterocycles. The number of aliphatic hydroxyl groups excluding tert-OH is 2. The summed E-state index contributed by atoms with van der Waals surface area (Å²) in [6.07, 6.45) is 0. The maximum absolute atomic E-state index is 10.5. The van der Waals surface area contributed by atoms with E-state index in [0.717, 1.165) is 0 Å². The van der Waals surface area contributed by atoms with Crippen molar-refractivity contribution in [3.05, 3.63) is 23.0 Å². The Hall–Kier alpha value is 1.29. The number of ketones is 2. The molecular weight excluding hydrogens is 246 g/mol. The minimum atomic E-state index is -1.61. The Morgan fingerprint density at radius 1 is 0.786 bits per heavy atom. The number of aliphatic hydroxyl groups is 2. The van der Waals surface area contributed by atoms with E-state index in [1.54, 1.807) is 0 Å². The maximum Gasteiger partial charge on any atom is 1.00 e. The van der Waals surface area contributed by atoms with Crippen molar-refractivity contribution in [1.29, 1.82) is 0 Å². The summed E-state index contributed by atoms with van der Waals surface area (Å²) in [6.45, 7) is 0. The van der Waals surface area contributed by atoms with E-state index in [9.17, 15) is 19.8 Å². The van der Waals surface area contributed by atoms with Crippen molar-refractivity contribution in [2.45, 2.75) is 0 Å². The predicted molar refractivity (Wildman–Crippen MR) is 29.3 cm³/mol. The fourth-order valence-electron chi connectivity index (χ4n) is 0.637. The van der Waals surface area contributed by atoms with Crippen LogP contribution in [-0.4, -0.2) is 21.8 Å². The van der Waals surface area contributed by atoms with E-state index in [-0.39, 0.29) is 103 Å². The Morgan fingerprint density at radius 2 is 1.07 bits per heavy atom. The van der Waals surface area contributed by atoms with Gasteiger partial charge >= 0.3 is 103 Å². The molecule has 2 N–H and O–H groups in total. The molecule has 14 heavy (non-hydrogen) atoms. The van der Waals surface area contributed by atoms with Crippen molar-refractivity contribution in [2.24, 2.45) is 0 Å². The van der Waals surface area contributed by atoms with Crippen LogP contribution in [0.4, 0.5) is 0 Å². The van der Waals surface area contributed by atoms with E-state index >= 15 is 0 Å². The Bertz CT molecular complexity index is 280. The SMILES string of the molecule is O=C1C([O-])=C(O)C(=O)C(O)=C1[O-].[K+].[K+]. The minimum absolute atomic E-state index is 0. The summed E-state index contributed by atoms with van der Waals surface area (Å²) in [7, 11) is 0. The van der Waals surface area contributed by atoms with Crippen molar-refractivity contribution in [3.63, 3.8) is 0 Å². The molecule has 8 heteroatoms. The summed E-state index contributed by atoms with van der Waals surface area (Å²) in [5.41, 5.74) is 0. The molecule has 0 saturated heterocycles. The van der Waals surface area contributed by atoms with E-state index in [1.807, 2.05) is 0 Å². The predicted octanol–water partition coefficient (Wildman–Crippen LogP) is -8.59. The van der Waals surface area contributed by atoms with Crippen LogP contribution in [0.2, 0.25) is 0 Å². The molecule has 64 valence electrons. The van der Waals surface area contributed by atoms with Gasteiger partial charge in [-0.05, 0) is 11.5 Å². The summed E-state index contributed by atoms with van der Waals surface area (Å²) in [5, 5.41) is 38.1. The molecule has 0 fully saturated rings. The van der Waals surface area contributed by atoms with Gasteiger partial charge in [-0.2, -0.15) is 0 Å². The summed E-state index contributed by atoms with van der Waals surface area (Å²) < 4.78 is 0. The van der Waals surface area contributed by atoms with Crippen LogP contribution in [0.15, 0.2) is 23.0 Å². The van der Waals surface area contributed by atoms with Gasteiger partial charge in [0.2, 0.25) is 0 Å². The molecule has 0 radical (unpaired) electrons. The summed E-state index contributed by atoms with van der Waals surface area (Å²) in [4.78, 5) is 21.0. The van der Waals surface area contributed by atoms with Crippen molar-refractivity contribution < 1.29 is 133 Å². The zero-order valence-electron chi connectivity index (χ0n) is 7.53. The van der Waals surface area contributed by atoms with Gasteiger partial charge in [0, 0.05) is 0 Å². The molecule has 0 bridgehead atoms. The molecule has 0 atom stereocenters. The molecule has 0 spiro atoms. The van der Waals surface area contributed by atoms with E-state index in [2.05, 4.69) is 0 Å². The number of carbonyl (C=O) groups is 2.